The molecule has 112 valence electrons. The van der Waals surface area contributed by atoms with Gasteiger partial charge < -0.3 is 20.5 Å². The molecule has 1 aromatic rings. The van der Waals surface area contributed by atoms with Gasteiger partial charge in [-0.05, 0) is 6.42 Å². The van der Waals surface area contributed by atoms with Gasteiger partial charge in [-0.2, -0.15) is 0 Å². The van der Waals surface area contributed by atoms with E-state index < -0.39 is 0 Å². The summed E-state index contributed by atoms with van der Waals surface area (Å²) in [6, 6.07) is 3.79. The normalized spacial score (nSPS) is 13.2. The van der Waals surface area contributed by atoms with Crippen LogP contribution in [0.1, 0.15) is 45.4 Å². The second kappa shape index (κ2) is 7.88. The molecule has 0 bridgehead atoms. The second-order valence-corrected chi connectivity index (χ2v) is 5.28. The molecule has 0 aliphatic carbocycles. The smallest absolute Gasteiger partial charge is 0.163 e. The third-order valence-electron chi connectivity index (χ3n) is 3.56. The maximum atomic E-state index is 6.03. The minimum absolute atomic E-state index is 0.594. The number of benzene rings is 1. The Labute approximate surface area is 121 Å². The van der Waals surface area contributed by atoms with E-state index in [2.05, 4.69) is 12.2 Å². The van der Waals surface area contributed by atoms with E-state index in [9.17, 15) is 0 Å². The fraction of sp³-hybridized carbons (Fsp3) is 0.625. The van der Waals surface area contributed by atoms with Crippen molar-refractivity contribution in [2.24, 2.45) is 0 Å². The Hall–Kier alpha value is -1.58. The van der Waals surface area contributed by atoms with E-state index in [1.807, 2.05) is 12.1 Å². The molecule has 4 heteroatoms. The van der Waals surface area contributed by atoms with Gasteiger partial charge in [0, 0.05) is 18.7 Å². The number of ether oxygens (including phenoxy) is 2. The summed E-state index contributed by atoms with van der Waals surface area (Å²) in [6.07, 6.45) is 7.78. The molecule has 0 spiro atoms. The van der Waals surface area contributed by atoms with E-state index in [-0.39, 0.29) is 0 Å². The predicted molar refractivity (Wildman–Crippen MR) is 83.7 cm³/mol. The first-order chi connectivity index (χ1) is 9.81. The first kappa shape index (κ1) is 14.8. The lowest BCUT2D eigenvalue weighted by Gasteiger charge is -2.20. The number of nitrogen functional groups attached to an aromatic ring is 1. The average Bonchev–Trinajstić information content (AvgIpc) is 2.46. The Morgan fingerprint density at radius 1 is 1.00 bits per heavy atom. The molecule has 1 aliphatic rings. The van der Waals surface area contributed by atoms with E-state index in [0.717, 1.165) is 29.4 Å². The summed E-state index contributed by atoms with van der Waals surface area (Å²) in [5.74, 6) is 1.54. The summed E-state index contributed by atoms with van der Waals surface area (Å²) in [5, 5.41) is 3.39. The van der Waals surface area contributed by atoms with Gasteiger partial charge in [-0.15, -0.1) is 0 Å². The third kappa shape index (κ3) is 4.22. The van der Waals surface area contributed by atoms with Gasteiger partial charge in [-0.25, -0.2) is 0 Å². The van der Waals surface area contributed by atoms with Gasteiger partial charge in [0.1, 0.15) is 13.2 Å². The van der Waals surface area contributed by atoms with E-state index in [0.29, 0.717) is 13.2 Å². The van der Waals surface area contributed by atoms with Crippen molar-refractivity contribution >= 4 is 11.4 Å². The highest BCUT2D eigenvalue weighted by Crippen LogP contribution is 2.36. The molecule has 1 aromatic carbocycles. The number of hydrogen-bond acceptors (Lipinski definition) is 4. The fourth-order valence-corrected chi connectivity index (χ4v) is 2.39. The van der Waals surface area contributed by atoms with Crippen molar-refractivity contribution in [2.45, 2.75) is 45.4 Å². The van der Waals surface area contributed by atoms with Crippen molar-refractivity contribution in [3.05, 3.63) is 12.1 Å². The summed E-state index contributed by atoms with van der Waals surface area (Å²) in [6.45, 7) is 4.40. The molecule has 0 aromatic heterocycles. The first-order valence-electron chi connectivity index (χ1n) is 7.74. The molecule has 0 unspecified atom stereocenters. The van der Waals surface area contributed by atoms with Gasteiger partial charge in [0.05, 0.1) is 11.4 Å². The summed E-state index contributed by atoms with van der Waals surface area (Å²) in [7, 11) is 0. The van der Waals surface area contributed by atoms with Crippen LogP contribution in [-0.2, 0) is 0 Å². The van der Waals surface area contributed by atoms with Crippen LogP contribution in [-0.4, -0.2) is 19.8 Å². The van der Waals surface area contributed by atoms with Crippen LogP contribution in [0.15, 0.2) is 12.1 Å². The molecule has 1 heterocycles. The van der Waals surface area contributed by atoms with Crippen molar-refractivity contribution in [3.63, 3.8) is 0 Å². The van der Waals surface area contributed by atoms with E-state index in [1.165, 1.54) is 38.5 Å². The lowest BCUT2D eigenvalue weighted by molar-refractivity contribution is 0.172. The van der Waals surface area contributed by atoms with E-state index in [1.54, 1.807) is 0 Å². The maximum absolute atomic E-state index is 6.03. The number of anilines is 2. The van der Waals surface area contributed by atoms with Crippen molar-refractivity contribution in [2.75, 3.05) is 30.8 Å². The highest BCUT2D eigenvalue weighted by atomic mass is 16.6. The lowest BCUT2D eigenvalue weighted by Crippen LogP contribution is -2.16. The largest absolute Gasteiger partial charge is 0.486 e. The minimum atomic E-state index is 0.594. The molecular formula is C16H26N2O2. The van der Waals surface area contributed by atoms with Crippen LogP contribution in [0.3, 0.4) is 0 Å². The summed E-state index contributed by atoms with van der Waals surface area (Å²) >= 11 is 0. The SMILES string of the molecule is CCCCCCCCNc1cc2c(cc1N)OCCO2. The molecule has 0 amide bonds. The Morgan fingerprint density at radius 2 is 1.65 bits per heavy atom. The molecule has 0 saturated carbocycles. The first-order valence-corrected chi connectivity index (χ1v) is 7.74. The van der Waals surface area contributed by atoms with Crippen molar-refractivity contribution < 1.29 is 9.47 Å². The summed E-state index contributed by atoms with van der Waals surface area (Å²) in [4.78, 5) is 0. The molecule has 0 radical (unpaired) electrons. The Bertz CT molecular complexity index is 421. The van der Waals surface area contributed by atoms with Crippen LogP contribution >= 0.6 is 0 Å². The molecule has 20 heavy (non-hydrogen) atoms. The van der Waals surface area contributed by atoms with Crippen molar-refractivity contribution in [3.8, 4) is 11.5 Å². The highest BCUT2D eigenvalue weighted by molar-refractivity contribution is 5.72. The van der Waals surface area contributed by atoms with Gasteiger partial charge in [-0.3, -0.25) is 0 Å². The van der Waals surface area contributed by atoms with Gasteiger partial charge in [-0.1, -0.05) is 39.0 Å². The topological polar surface area (TPSA) is 56.5 Å². The zero-order valence-electron chi connectivity index (χ0n) is 12.4. The van der Waals surface area contributed by atoms with Crippen molar-refractivity contribution in [1.82, 2.24) is 0 Å². The Balaban J connectivity index is 1.75. The lowest BCUT2D eigenvalue weighted by atomic mass is 10.1. The number of unbranched alkanes of at least 4 members (excludes halogenated alkanes) is 5. The van der Waals surface area contributed by atoms with Gasteiger partial charge >= 0.3 is 0 Å². The number of nitrogens with one attached hydrogen (secondary N) is 1. The predicted octanol–water partition coefficient (Wildman–Crippen LogP) is 3.81. The number of hydrogen-bond donors (Lipinski definition) is 2. The standard InChI is InChI=1S/C16H26N2O2/c1-2-3-4-5-6-7-8-18-14-12-16-15(11-13(14)17)19-9-10-20-16/h11-12,18H,2-10,17H2,1H3. The highest BCUT2D eigenvalue weighted by Gasteiger charge is 2.14. The number of fused-ring (bicyclic) bond motifs is 1. The van der Waals surface area contributed by atoms with Crippen molar-refractivity contribution in [1.29, 1.82) is 0 Å². The van der Waals surface area contributed by atoms with Crippen LogP contribution in [0.5, 0.6) is 11.5 Å². The monoisotopic (exact) mass is 278 g/mol. The molecule has 3 N–H and O–H groups in total. The van der Waals surface area contributed by atoms with Gasteiger partial charge in [0.2, 0.25) is 0 Å². The van der Waals surface area contributed by atoms with Crippen LogP contribution in [0.25, 0.3) is 0 Å². The average molecular weight is 278 g/mol. The molecule has 2 rings (SSSR count). The Morgan fingerprint density at radius 3 is 2.40 bits per heavy atom. The molecular weight excluding hydrogens is 252 g/mol. The third-order valence-corrected chi connectivity index (χ3v) is 3.56. The van der Waals surface area contributed by atoms with Crippen LogP contribution < -0.4 is 20.5 Å². The quantitative estimate of drug-likeness (QED) is 0.561. The maximum Gasteiger partial charge on any atom is 0.163 e. The molecule has 0 atom stereocenters. The molecule has 0 fully saturated rings. The second-order valence-electron chi connectivity index (χ2n) is 5.28. The fourth-order valence-electron chi connectivity index (χ4n) is 2.39. The van der Waals surface area contributed by atoms with Crippen LogP contribution in [0.2, 0.25) is 0 Å². The van der Waals surface area contributed by atoms with E-state index in [4.69, 9.17) is 15.2 Å². The minimum Gasteiger partial charge on any atom is -0.486 e. The van der Waals surface area contributed by atoms with Crippen LogP contribution in [0.4, 0.5) is 11.4 Å². The molecule has 4 nitrogen and oxygen atoms in total. The zero-order valence-corrected chi connectivity index (χ0v) is 12.4. The molecule has 0 saturated heterocycles. The zero-order chi connectivity index (χ0) is 14.2. The van der Waals surface area contributed by atoms with Gasteiger partial charge in [0.25, 0.3) is 0 Å². The summed E-state index contributed by atoms with van der Waals surface area (Å²) in [5.41, 5.74) is 7.70. The Kier molecular flexibility index (Phi) is 5.84. The van der Waals surface area contributed by atoms with Crippen LogP contribution in [0, 0.1) is 0 Å². The van der Waals surface area contributed by atoms with E-state index >= 15 is 0 Å². The molecule has 1 aliphatic heterocycles. The number of rotatable bonds is 8. The summed E-state index contributed by atoms with van der Waals surface area (Å²) < 4.78 is 11.1. The van der Waals surface area contributed by atoms with Gasteiger partial charge in [0.15, 0.2) is 11.5 Å². The number of nitrogens with two attached hydrogens (primary N) is 1.